The highest BCUT2D eigenvalue weighted by Crippen LogP contribution is 2.50. The fourth-order valence-electron chi connectivity index (χ4n) is 2.90. The number of nitrogens with zero attached hydrogens (tertiary/aromatic N) is 2. The Hall–Kier alpha value is -1.72. The summed E-state index contributed by atoms with van der Waals surface area (Å²) in [6.45, 7) is 0.157. The van der Waals surface area contributed by atoms with Crippen LogP contribution in [0.3, 0.4) is 0 Å². The van der Waals surface area contributed by atoms with E-state index < -0.39 is 4.65 Å². The van der Waals surface area contributed by atoms with Crippen molar-refractivity contribution >= 4 is 40.7 Å². The van der Waals surface area contributed by atoms with Crippen LogP contribution in [-0.2, 0) is 6.54 Å². The van der Waals surface area contributed by atoms with Gasteiger partial charge in [0, 0.05) is 32.6 Å². The van der Waals surface area contributed by atoms with Crippen molar-refractivity contribution in [3.63, 3.8) is 0 Å². The fourth-order valence-corrected chi connectivity index (χ4v) is 3.25. The van der Waals surface area contributed by atoms with Gasteiger partial charge < -0.3 is 5.21 Å². The van der Waals surface area contributed by atoms with Gasteiger partial charge in [0.25, 0.3) is 0 Å². The van der Waals surface area contributed by atoms with Crippen molar-refractivity contribution in [1.82, 2.24) is 4.65 Å². The zero-order valence-electron chi connectivity index (χ0n) is 10.7. The van der Waals surface area contributed by atoms with Gasteiger partial charge in [-0.1, -0.05) is 29.3 Å². The summed E-state index contributed by atoms with van der Waals surface area (Å²) in [4.78, 5) is 12.4. The molecule has 2 aromatic carbocycles. The lowest BCUT2D eigenvalue weighted by Gasteiger charge is -2.35. The van der Waals surface area contributed by atoms with Crippen LogP contribution in [0.2, 0.25) is 10.0 Å². The highest BCUT2D eigenvalue weighted by atomic mass is 35.5. The molecule has 2 aliphatic heterocycles. The number of hydroxylamine groups is 2. The van der Waals surface area contributed by atoms with Crippen LogP contribution in [0.5, 0.6) is 0 Å². The Morgan fingerprint density at radius 3 is 2.62 bits per heavy atom. The Balaban J connectivity index is 1.99. The minimum absolute atomic E-state index is 0.141. The second kappa shape index (κ2) is 4.15. The lowest BCUT2D eigenvalue weighted by Crippen LogP contribution is -2.41. The van der Waals surface area contributed by atoms with Crippen LogP contribution in [-0.4, -0.2) is 4.76 Å². The van der Waals surface area contributed by atoms with Gasteiger partial charge in [0.05, 0.1) is 6.08 Å². The number of quaternary nitrogens is 1. The van der Waals surface area contributed by atoms with E-state index in [0.717, 1.165) is 11.1 Å². The van der Waals surface area contributed by atoms with Crippen molar-refractivity contribution in [3.8, 4) is 0 Å². The van der Waals surface area contributed by atoms with Crippen LogP contribution >= 0.6 is 23.2 Å². The molecule has 0 fully saturated rings. The summed E-state index contributed by atoms with van der Waals surface area (Å²) >= 11 is 12.0. The number of hydrogen-bond acceptors (Lipinski definition) is 2. The minimum Gasteiger partial charge on any atom is -0.617 e. The van der Waals surface area contributed by atoms with Crippen molar-refractivity contribution in [2.24, 2.45) is 0 Å². The molecule has 0 bridgehead atoms. The summed E-state index contributed by atoms with van der Waals surface area (Å²) in [6, 6.07) is 10.1. The molecule has 6 heteroatoms. The van der Waals surface area contributed by atoms with E-state index in [1.807, 2.05) is 6.07 Å². The maximum Gasteiger partial charge on any atom is 0.429 e. The molecule has 104 valence electrons. The Kier molecular flexibility index (Phi) is 2.56. The van der Waals surface area contributed by atoms with Crippen LogP contribution in [0.25, 0.3) is 6.08 Å². The molecule has 0 aromatic heterocycles. The summed E-state index contributed by atoms with van der Waals surface area (Å²) in [5, 5.41) is 14.3. The standard InChI is InChI=1S/C15H9Cl2N2O2/c16-11-2-1-9-8-19(21)14-7-12(17)3-4-13(14)18(20)15(19)6-10(9)5-11/h1-7H,8H2/q+1. The molecule has 0 radical (unpaired) electrons. The molecule has 0 saturated heterocycles. The Morgan fingerprint density at radius 1 is 1.10 bits per heavy atom. The van der Waals surface area contributed by atoms with E-state index in [4.69, 9.17) is 23.2 Å². The first-order valence-corrected chi connectivity index (χ1v) is 7.12. The number of rotatable bonds is 0. The first-order chi connectivity index (χ1) is 9.99. The normalized spacial score (nSPS) is 22.4. The second-order valence-corrected chi connectivity index (χ2v) is 6.04. The van der Waals surface area contributed by atoms with E-state index >= 15 is 0 Å². The number of benzene rings is 2. The van der Waals surface area contributed by atoms with Gasteiger partial charge >= 0.3 is 11.5 Å². The first-order valence-electron chi connectivity index (χ1n) is 6.36. The number of hydrogen-bond donors (Lipinski definition) is 0. The van der Waals surface area contributed by atoms with Crippen molar-refractivity contribution in [2.45, 2.75) is 6.54 Å². The molecule has 0 aliphatic carbocycles. The topological polar surface area (TPSA) is 43.1 Å². The van der Waals surface area contributed by atoms with E-state index in [0.29, 0.717) is 26.2 Å². The molecule has 2 aliphatic rings. The molecule has 0 amide bonds. The van der Waals surface area contributed by atoms with Crippen molar-refractivity contribution in [3.05, 3.63) is 73.5 Å². The Labute approximate surface area is 130 Å². The van der Waals surface area contributed by atoms with Crippen LogP contribution in [0.1, 0.15) is 11.1 Å². The van der Waals surface area contributed by atoms with Gasteiger partial charge in [-0.15, -0.1) is 0 Å². The molecular formula is C15H9Cl2N2O2+. The smallest absolute Gasteiger partial charge is 0.429 e. The second-order valence-electron chi connectivity index (χ2n) is 5.17. The molecule has 21 heavy (non-hydrogen) atoms. The molecule has 0 spiro atoms. The van der Waals surface area contributed by atoms with E-state index in [-0.39, 0.29) is 12.4 Å². The predicted molar refractivity (Wildman–Crippen MR) is 83.0 cm³/mol. The number of halogens is 2. The van der Waals surface area contributed by atoms with Gasteiger partial charge in [-0.25, -0.2) is 4.65 Å². The lowest BCUT2D eigenvalue weighted by molar-refractivity contribution is -0.410. The fraction of sp³-hybridized carbons (Fsp3) is 0.0667. The summed E-state index contributed by atoms with van der Waals surface area (Å²) < 4.78 is -0.128. The highest BCUT2D eigenvalue weighted by Gasteiger charge is 2.54. The maximum absolute atomic E-state index is 13.3. The van der Waals surface area contributed by atoms with Gasteiger partial charge in [0.15, 0.2) is 0 Å². The van der Waals surface area contributed by atoms with Crippen molar-refractivity contribution in [2.75, 3.05) is 0 Å². The average Bonchev–Trinajstić information content (AvgIpc) is 2.65. The van der Waals surface area contributed by atoms with Crippen molar-refractivity contribution < 1.29 is 4.76 Å². The summed E-state index contributed by atoms with van der Waals surface area (Å²) in [6.07, 6.45) is 1.61. The van der Waals surface area contributed by atoms with Crippen LogP contribution in [0.15, 0.2) is 42.2 Å². The molecule has 4 rings (SSSR count). The molecule has 2 heterocycles. The zero-order chi connectivity index (χ0) is 14.8. The molecule has 2 aromatic rings. The van der Waals surface area contributed by atoms with E-state index in [2.05, 4.69) is 0 Å². The summed E-state index contributed by atoms with van der Waals surface area (Å²) in [7, 11) is 0. The van der Waals surface area contributed by atoms with Gasteiger partial charge in [-0.3, -0.25) is 0 Å². The summed E-state index contributed by atoms with van der Waals surface area (Å²) in [5.41, 5.74) is 2.39. The number of nitroso groups, excluding NO2 is 1. The van der Waals surface area contributed by atoms with Gasteiger partial charge in [0.1, 0.15) is 11.3 Å². The zero-order valence-corrected chi connectivity index (χ0v) is 12.2. The molecule has 0 saturated carbocycles. The third kappa shape index (κ3) is 1.71. The van der Waals surface area contributed by atoms with Crippen LogP contribution in [0, 0.1) is 10.1 Å². The van der Waals surface area contributed by atoms with Gasteiger partial charge in [-0.05, 0) is 23.8 Å². The molecule has 1 unspecified atom stereocenters. The van der Waals surface area contributed by atoms with Crippen molar-refractivity contribution in [1.29, 1.82) is 0 Å². The molecular weight excluding hydrogens is 311 g/mol. The number of fused-ring (bicyclic) bond motifs is 4. The Bertz CT molecular complexity index is 848. The third-order valence-electron chi connectivity index (χ3n) is 3.91. The van der Waals surface area contributed by atoms with Gasteiger partial charge in [0.2, 0.25) is 5.69 Å². The lowest BCUT2D eigenvalue weighted by atomic mass is 10.0. The highest BCUT2D eigenvalue weighted by molar-refractivity contribution is 6.31. The van der Waals surface area contributed by atoms with Crippen LogP contribution < -0.4 is 4.65 Å². The monoisotopic (exact) mass is 319 g/mol. The summed E-state index contributed by atoms with van der Waals surface area (Å²) in [5.74, 6) is 0.141. The van der Waals surface area contributed by atoms with E-state index in [1.165, 1.54) is 0 Å². The SMILES string of the molecule is O=[N+]1C2=Cc3cc(Cl)ccc3C[N+]2([O-])c2cc(Cl)ccc21. The van der Waals surface area contributed by atoms with E-state index in [1.54, 1.807) is 36.4 Å². The minimum atomic E-state index is -0.811. The molecule has 0 N–H and O–H groups in total. The Morgan fingerprint density at radius 2 is 1.81 bits per heavy atom. The predicted octanol–water partition coefficient (Wildman–Crippen LogP) is 4.73. The average molecular weight is 320 g/mol. The largest absolute Gasteiger partial charge is 0.617 e. The first kappa shape index (κ1) is 13.0. The van der Waals surface area contributed by atoms with Gasteiger partial charge in [-0.2, -0.15) is 0 Å². The third-order valence-corrected chi connectivity index (χ3v) is 4.38. The van der Waals surface area contributed by atoms with Crippen LogP contribution in [0.4, 0.5) is 11.4 Å². The quantitative estimate of drug-likeness (QED) is 0.400. The molecule has 1 atom stereocenters. The maximum atomic E-state index is 13.3. The van der Waals surface area contributed by atoms with E-state index in [9.17, 15) is 10.1 Å². The molecule has 4 nitrogen and oxygen atoms in total.